The molecule has 1 saturated heterocycles. The number of nitrogens with two attached hydrogens (primary N) is 1. The van der Waals surface area contributed by atoms with Gasteiger partial charge in [0.2, 0.25) is 11.8 Å². The Morgan fingerprint density at radius 3 is 2.61 bits per heavy atom. The van der Waals surface area contributed by atoms with E-state index in [2.05, 4.69) is 20.0 Å². The number of nitrogen functional groups attached to an aromatic ring is 1. The van der Waals surface area contributed by atoms with Crippen LogP contribution in [0.3, 0.4) is 0 Å². The lowest BCUT2D eigenvalue weighted by Gasteiger charge is -2.25. The van der Waals surface area contributed by atoms with Crippen LogP contribution in [0.5, 0.6) is 5.88 Å². The molecule has 0 aromatic carbocycles. The summed E-state index contributed by atoms with van der Waals surface area (Å²) < 4.78 is 58.0. The lowest BCUT2D eigenvalue weighted by atomic mass is 10.00. The van der Waals surface area contributed by atoms with E-state index in [9.17, 15) is 19.3 Å². The van der Waals surface area contributed by atoms with Gasteiger partial charge in [0, 0.05) is 11.2 Å². The standard InChI is InChI=1S/C25H39ClFN6O9PS/c1-8-38-19-16-18(30-23(28)31-19)33(12-29-16)21-25(26,27)17(34)15(42-21)11-40-43(37,32-14(4)20(35)41-13(2)3)39-9-10-44-22(36)24(5,6)7/h12-15,17,21,34H,8-11H2,1-7H3,(H,32,37)(H2,28,30,31)/t14-,15-,17-,21-,25-,43?/m1/s1. The van der Waals surface area contributed by atoms with E-state index in [1.807, 2.05) is 0 Å². The number of anilines is 1. The number of thioether (sulfide) groups is 1. The maximum absolute atomic E-state index is 15.8. The Bertz CT molecular complexity index is 1380. The van der Waals surface area contributed by atoms with Crippen molar-refractivity contribution in [3.05, 3.63) is 6.33 Å². The number of esters is 1. The smallest absolute Gasteiger partial charge is 0.406 e. The molecule has 1 unspecified atom stereocenters. The molecule has 1 aliphatic heterocycles. The first-order valence-corrected chi connectivity index (χ1v) is 16.7. The average Bonchev–Trinajstić information content (AvgIpc) is 3.42. The zero-order valence-corrected chi connectivity index (χ0v) is 28.0. The second-order valence-electron chi connectivity index (χ2n) is 11.1. The normalized spacial score (nSPS) is 24.4. The van der Waals surface area contributed by atoms with E-state index < -0.39 is 61.4 Å². The number of fused-ring (bicyclic) bond motifs is 1. The molecule has 15 nitrogen and oxygen atoms in total. The summed E-state index contributed by atoms with van der Waals surface area (Å²) in [5.74, 6) is -0.733. The zero-order chi connectivity index (χ0) is 33.0. The van der Waals surface area contributed by atoms with Crippen molar-refractivity contribution in [2.24, 2.45) is 5.41 Å². The van der Waals surface area contributed by atoms with E-state index in [4.69, 9.17) is 40.6 Å². The number of halogens is 2. The SMILES string of the molecule is CCOc1nc(N)nc2c1ncn2[C@@H]1O[C@H](COP(=O)(N[C@H](C)C(=O)OC(C)C)OCCSC(=O)C(C)(C)C)[C@@H](O)[C@]1(F)Cl. The van der Waals surface area contributed by atoms with E-state index in [0.717, 1.165) is 16.3 Å². The molecular weight excluding hydrogens is 646 g/mol. The summed E-state index contributed by atoms with van der Waals surface area (Å²) in [6.45, 7) is 11.0. The summed E-state index contributed by atoms with van der Waals surface area (Å²) in [5.41, 5.74) is 5.36. The highest BCUT2D eigenvalue weighted by molar-refractivity contribution is 8.13. The summed E-state index contributed by atoms with van der Waals surface area (Å²) in [5, 5.41) is 10.2. The van der Waals surface area contributed by atoms with E-state index in [0.29, 0.717) is 0 Å². The average molecular weight is 685 g/mol. The zero-order valence-electron chi connectivity index (χ0n) is 25.5. The fraction of sp³-hybridized carbons (Fsp3) is 0.720. The monoisotopic (exact) mass is 684 g/mol. The van der Waals surface area contributed by atoms with E-state index in [-0.39, 0.29) is 47.1 Å². The number of ether oxygens (including phenoxy) is 3. The Balaban J connectivity index is 1.78. The van der Waals surface area contributed by atoms with Crippen LogP contribution in [0.25, 0.3) is 11.2 Å². The van der Waals surface area contributed by atoms with Crippen LogP contribution in [-0.2, 0) is 32.7 Å². The minimum Gasteiger partial charge on any atom is -0.476 e. The fourth-order valence-corrected chi connectivity index (χ4v) is 6.52. The summed E-state index contributed by atoms with van der Waals surface area (Å²) in [6, 6.07) is -1.15. The Hall–Kier alpha value is -2.11. The van der Waals surface area contributed by atoms with Gasteiger partial charge in [-0.2, -0.15) is 9.97 Å². The minimum atomic E-state index is -4.34. The molecule has 3 rings (SSSR count). The Labute approximate surface area is 263 Å². The lowest BCUT2D eigenvalue weighted by molar-refractivity contribution is -0.149. The van der Waals surface area contributed by atoms with Crippen LogP contribution in [0.1, 0.15) is 54.7 Å². The summed E-state index contributed by atoms with van der Waals surface area (Å²) in [6.07, 6.45) is -4.42. The van der Waals surface area contributed by atoms with Crippen LogP contribution in [0.2, 0.25) is 0 Å². The van der Waals surface area contributed by atoms with Gasteiger partial charge in [0.05, 0.1) is 32.3 Å². The third kappa shape index (κ3) is 8.78. The molecule has 2 aromatic heterocycles. The number of hydrogen-bond donors (Lipinski definition) is 3. The van der Waals surface area contributed by atoms with E-state index >= 15 is 4.39 Å². The predicted molar refractivity (Wildman–Crippen MR) is 161 cm³/mol. The van der Waals surface area contributed by atoms with Gasteiger partial charge in [0.1, 0.15) is 18.2 Å². The number of hydrogen-bond acceptors (Lipinski definition) is 14. The van der Waals surface area contributed by atoms with Gasteiger partial charge in [-0.1, -0.05) is 44.1 Å². The third-order valence-electron chi connectivity index (χ3n) is 5.98. The van der Waals surface area contributed by atoms with E-state index in [1.165, 1.54) is 13.3 Å². The van der Waals surface area contributed by atoms with Crippen LogP contribution in [0, 0.1) is 5.41 Å². The highest BCUT2D eigenvalue weighted by atomic mass is 35.5. The topological polar surface area (TPSA) is 199 Å². The van der Waals surface area contributed by atoms with Crippen LogP contribution in [-0.4, -0.2) is 90.8 Å². The molecule has 2 aromatic rings. The first kappa shape index (κ1) is 36.4. The molecule has 0 saturated carbocycles. The number of rotatable bonds is 14. The number of imidazole rings is 1. The maximum atomic E-state index is 15.8. The molecule has 0 spiro atoms. The van der Waals surface area contributed by atoms with Crippen molar-refractivity contribution in [1.82, 2.24) is 24.6 Å². The summed E-state index contributed by atoms with van der Waals surface area (Å²) in [7, 11) is -4.34. The van der Waals surface area contributed by atoms with Crippen molar-refractivity contribution < 1.29 is 46.9 Å². The second-order valence-corrected chi connectivity index (χ2v) is 14.6. The molecule has 0 amide bonds. The fourth-order valence-electron chi connectivity index (χ4n) is 3.84. The lowest BCUT2D eigenvalue weighted by Crippen LogP contribution is -2.39. The Morgan fingerprint density at radius 1 is 1.32 bits per heavy atom. The molecule has 1 fully saturated rings. The number of carbonyl (C=O) groups excluding carboxylic acids is 2. The molecule has 44 heavy (non-hydrogen) atoms. The van der Waals surface area contributed by atoms with Gasteiger partial charge >= 0.3 is 13.7 Å². The molecule has 4 N–H and O–H groups in total. The van der Waals surface area contributed by atoms with E-state index in [1.54, 1.807) is 41.5 Å². The predicted octanol–water partition coefficient (Wildman–Crippen LogP) is 3.35. The molecule has 0 aliphatic carbocycles. The molecule has 6 atom stereocenters. The van der Waals surface area contributed by atoms with Crippen molar-refractivity contribution in [2.45, 2.75) is 84.2 Å². The molecule has 0 radical (unpaired) electrons. The third-order valence-corrected chi connectivity index (χ3v) is 9.35. The van der Waals surface area contributed by atoms with Gasteiger partial charge in [-0.15, -0.1) is 0 Å². The molecule has 3 heterocycles. The first-order valence-electron chi connectivity index (χ1n) is 13.8. The van der Waals surface area contributed by atoms with Crippen LogP contribution in [0.15, 0.2) is 6.33 Å². The van der Waals surface area contributed by atoms with Gasteiger partial charge in [-0.3, -0.25) is 23.2 Å². The highest BCUT2D eigenvalue weighted by Gasteiger charge is 2.58. The van der Waals surface area contributed by atoms with Crippen molar-refractivity contribution >= 4 is 59.3 Å². The van der Waals surface area contributed by atoms with Gasteiger partial charge in [-0.25, -0.2) is 19.0 Å². The summed E-state index contributed by atoms with van der Waals surface area (Å²) >= 11 is 7.12. The van der Waals surface area contributed by atoms with Gasteiger partial charge in [-0.05, 0) is 27.7 Å². The molecular formula is C25H39ClFN6O9PS. The van der Waals surface area contributed by atoms with Crippen molar-refractivity contribution in [2.75, 3.05) is 31.3 Å². The number of aromatic nitrogens is 4. The van der Waals surface area contributed by atoms with Crippen molar-refractivity contribution in [3.8, 4) is 5.88 Å². The first-order chi connectivity index (χ1) is 20.4. The quantitative estimate of drug-likeness (QED) is 0.113. The number of carbonyl (C=O) groups is 2. The maximum Gasteiger partial charge on any atom is 0.406 e. The number of nitrogens with one attached hydrogen (secondary N) is 1. The van der Waals surface area contributed by atoms with Gasteiger partial charge < -0.3 is 25.1 Å². The molecule has 0 bridgehead atoms. The Morgan fingerprint density at radius 2 is 2.00 bits per heavy atom. The van der Waals surface area contributed by atoms with Crippen LogP contribution < -0.4 is 15.6 Å². The van der Waals surface area contributed by atoms with Crippen LogP contribution in [0.4, 0.5) is 10.3 Å². The van der Waals surface area contributed by atoms with Crippen molar-refractivity contribution in [3.63, 3.8) is 0 Å². The molecule has 248 valence electrons. The number of alkyl halides is 2. The molecule has 1 aliphatic rings. The minimum absolute atomic E-state index is 0.0258. The van der Waals surface area contributed by atoms with Gasteiger partial charge in [0.15, 0.2) is 22.5 Å². The van der Waals surface area contributed by atoms with Crippen LogP contribution >= 0.6 is 31.1 Å². The number of aliphatic hydroxyl groups is 1. The number of nitrogens with zero attached hydrogens (tertiary/aromatic N) is 4. The Kier molecular flexibility index (Phi) is 12.0. The summed E-state index contributed by atoms with van der Waals surface area (Å²) in [4.78, 5) is 36.9. The molecule has 19 heteroatoms. The second kappa shape index (κ2) is 14.5. The number of aliphatic hydroxyl groups excluding tert-OH is 1. The van der Waals surface area contributed by atoms with Gasteiger partial charge in [0.25, 0.3) is 5.13 Å². The highest BCUT2D eigenvalue weighted by Crippen LogP contribution is 2.49. The largest absolute Gasteiger partial charge is 0.476 e. The van der Waals surface area contributed by atoms with Crippen molar-refractivity contribution in [1.29, 1.82) is 0 Å².